The second kappa shape index (κ2) is 33.9. The van der Waals surface area contributed by atoms with Gasteiger partial charge in [-0.05, 0) is 222 Å². The molecule has 6 saturated heterocycles. The molecule has 92 heavy (non-hydrogen) atoms. The largest absolute Gasteiger partial charge is 2.00 e. The van der Waals surface area contributed by atoms with E-state index in [2.05, 4.69) is 92.6 Å². The summed E-state index contributed by atoms with van der Waals surface area (Å²) >= 11 is 0. The minimum absolute atomic E-state index is 0. The molecule has 0 aromatic heterocycles. The van der Waals surface area contributed by atoms with Crippen LogP contribution in [0.2, 0.25) is 0 Å². The molecule has 502 valence electrons. The molecule has 10 rings (SSSR count). The van der Waals surface area contributed by atoms with Gasteiger partial charge in [0, 0.05) is 108 Å². The minimum Gasteiger partial charge on any atom is -1.00 e. The Balaban J connectivity index is 0.000000283. The van der Waals surface area contributed by atoms with Crippen molar-refractivity contribution in [1.29, 1.82) is 5.26 Å². The van der Waals surface area contributed by atoms with Crippen LogP contribution in [0.15, 0.2) is 97.1 Å². The van der Waals surface area contributed by atoms with Gasteiger partial charge in [-0.15, -0.1) is 0 Å². The number of likely N-dealkylation sites (tertiary alicyclic amines) is 4. The molecule has 4 aromatic carbocycles. The van der Waals surface area contributed by atoms with E-state index in [1.807, 2.05) is 82.8 Å². The van der Waals surface area contributed by atoms with Crippen LogP contribution in [-0.4, -0.2) is 215 Å². The fourth-order valence-electron chi connectivity index (χ4n) is 15.0. The number of benzene rings is 4. The number of hydrogen-bond acceptors (Lipinski definition) is 13. The van der Waals surface area contributed by atoms with Crippen LogP contribution in [0, 0.1) is 42.2 Å². The molecule has 6 heterocycles. The summed E-state index contributed by atoms with van der Waals surface area (Å²) in [5.41, 5.74) is 3.18. The van der Waals surface area contributed by atoms with Crippen molar-refractivity contribution in [2.75, 3.05) is 106 Å². The number of methoxy groups -OCH3 is 2. The fraction of sp³-hybridized carbons (Fsp3) is 0.616. The third-order valence-corrected chi connectivity index (χ3v) is 20.1. The molecule has 2 amide bonds. The number of piperazine rings is 2. The minimum atomic E-state index is -0.597. The van der Waals surface area contributed by atoms with Gasteiger partial charge in [-0.2, -0.15) is 5.26 Å². The quantitative estimate of drug-likeness (QED) is 0.0881. The van der Waals surface area contributed by atoms with Crippen molar-refractivity contribution >= 4 is 35.2 Å². The van der Waals surface area contributed by atoms with E-state index in [1.165, 1.54) is 17.2 Å². The summed E-state index contributed by atoms with van der Waals surface area (Å²) < 4.78 is 51.0. The number of piperidine rings is 4. The number of carbonyl (C=O) groups excluding carboxylic acids is 2. The van der Waals surface area contributed by atoms with Crippen molar-refractivity contribution in [2.24, 2.45) is 11.8 Å². The van der Waals surface area contributed by atoms with Crippen LogP contribution in [-0.2, 0) is 22.6 Å². The zero-order valence-electron chi connectivity index (χ0n) is 57.5. The predicted molar refractivity (Wildman–Crippen MR) is 359 cm³/mol. The Morgan fingerprint density at radius 1 is 0.565 bits per heavy atom. The average molecular weight is 1350 g/mol. The molecule has 4 aromatic rings. The molecule has 0 spiro atoms. The van der Waals surface area contributed by atoms with Gasteiger partial charge in [0.1, 0.15) is 39.9 Å². The van der Waals surface area contributed by atoms with E-state index in [9.17, 15) is 23.6 Å². The third-order valence-electron chi connectivity index (χ3n) is 20.1. The molecule has 19 heteroatoms. The first kappa shape index (κ1) is 76.4. The Morgan fingerprint density at radius 2 is 0.935 bits per heavy atom. The van der Waals surface area contributed by atoms with Crippen LogP contribution in [0.4, 0.5) is 18.4 Å². The Morgan fingerprint density at radius 3 is 1.28 bits per heavy atom. The molecule has 0 aliphatic carbocycles. The van der Waals surface area contributed by atoms with E-state index in [1.54, 1.807) is 37.3 Å². The summed E-state index contributed by atoms with van der Waals surface area (Å²) in [5, 5.41) is 10.4. The second-order valence-corrected chi connectivity index (χ2v) is 28.6. The second-order valence-electron chi connectivity index (χ2n) is 28.6. The van der Waals surface area contributed by atoms with Crippen LogP contribution < -0.4 is 26.5 Å². The van der Waals surface area contributed by atoms with Crippen molar-refractivity contribution in [3.63, 3.8) is 0 Å². The SMILES string of the molecule is COc1ccc(CN2CCC(C(c3cccc(F)c3)N3CCN(C4(C#N)CCN(C(=O)OC(C)(C)C)CC4)C[C@@H]3C)CC2)cc1.COc1ccc(CN2CCC(C(c3cccc(F)c3)N3CCN(C4(C)CCN(C(=O)OC(C)(C)C)CC4)C[C@@H]3C)CC2)cc1.[Br-].[CH3-].[Mg+2]. The van der Waals surface area contributed by atoms with Gasteiger partial charge >= 0.3 is 35.2 Å². The van der Waals surface area contributed by atoms with Gasteiger partial charge < -0.3 is 53.2 Å². The molecule has 2 unspecified atom stereocenters. The topological polar surface area (TPSA) is 121 Å². The smallest absolute Gasteiger partial charge is 1.00 e. The van der Waals surface area contributed by atoms with E-state index >= 15 is 0 Å². The number of ether oxygens (including phenoxy) is 4. The normalized spacial score (nSPS) is 22.3. The number of nitrogens with zero attached hydrogens (tertiary/aromatic N) is 9. The fourth-order valence-corrected chi connectivity index (χ4v) is 15.0. The molecule has 0 N–H and O–H groups in total. The van der Waals surface area contributed by atoms with Crippen LogP contribution in [0.1, 0.15) is 148 Å². The summed E-state index contributed by atoms with van der Waals surface area (Å²) in [4.78, 5) is 44.2. The Labute approximate surface area is 577 Å². The Hall–Kier alpha value is -4.62. The summed E-state index contributed by atoms with van der Waals surface area (Å²) in [7, 11) is 3.39. The first-order valence-electron chi connectivity index (χ1n) is 33.0. The van der Waals surface area contributed by atoms with Gasteiger partial charge in [-0.1, -0.05) is 48.5 Å². The van der Waals surface area contributed by atoms with Crippen molar-refractivity contribution in [2.45, 2.75) is 173 Å². The number of carbonyl (C=O) groups is 2. The maximum atomic E-state index is 14.6. The predicted octanol–water partition coefficient (Wildman–Crippen LogP) is 9.74. The Kier molecular flexibility index (Phi) is 28.1. The van der Waals surface area contributed by atoms with E-state index in [0.717, 1.165) is 153 Å². The maximum Gasteiger partial charge on any atom is 2.00 e. The molecular formula is C73H106BrF2MgN9O6. The van der Waals surface area contributed by atoms with Gasteiger partial charge in [0.15, 0.2) is 0 Å². The van der Waals surface area contributed by atoms with E-state index in [-0.39, 0.29) is 94.9 Å². The van der Waals surface area contributed by atoms with Gasteiger partial charge in [0.2, 0.25) is 0 Å². The molecule has 4 atom stereocenters. The van der Waals surface area contributed by atoms with E-state index in [0.29, 0.717) is 43.8 Å². The zero-order chi connectivity index (χ0) is 63.7. The molecule has 0 saturated carbocycles. The number of nitriles is 1. The molecule has 6 fully saturated rings. The zero-order valence-corrected chi connectivity index (χ0v) is 60.5. The van der Waals surface area contributed by atoms with Crippen molar-refractivity contribution in [1.82, 2.24) is 39.2 Å². The molecule has 0 bridgehead atoms. The molecule has 6 aliphatic rings. The monoisotopic (exact) mass is 1350 g/mol. The van der Waals surface area contributed by atoms with Gasteiger partial charge in [-0.25, -0.2) is 18.4 Å². The van der Waals surface area contributed by atoms with Crippen molar-refractivity contribution in [3.8, 4) is 17.6 Å². The molecular weight excluding hydrogens is 1240 g/mol. The van der Waals surface area contributed by atoms with Crippen LogP contribution >= 0.6 is 0 Å². The van der Waals surface area contributed by atoms with Crippen molar-refractivity contribution < 1.29 is 54.3 Å². The number of hydrogen-bond donors (Lipinski definition) is 0. The third kappa shape index (κ3) is 20.0. The van der Waals surface area contributed by atoms with Crippen molar-refractivity contribution in [3.05, 3.63) is 138 Å². The number of amides is 2. The first-order chi connectivity index (χ1) is 42.4. The van der Waals surface area contributed by atoms with E-state index in [4.69, 9.17) is 18.9 Å². The van der Waals surface area contributed by atoms with Crippen LogP contribution in [0.5, 0.6) is 11.5 Å². The van der Waals surface area contributed by atoms with Crippen LogP contribution in [0.25, 0.3) is 0 Å². The number of rotatable bonds is 14. The van der Waals surface area contributed by atoms with Gasteiger partial charge in [0.05, 0.1) is 20.3 Å². The van der Waals surface area contributed by atoms with Gasteiger partial charge in [-0.3, -0.25) is 29.4 Å². The summed E-state index contributed by atoms with van der Waals surface area (Å²) in [6.45, 7) is 32.0. The summed E-state index contributed by atoms with van der Waals surface area (Å²) in [6.07, 6.45) is 6.89. The average Bonchev–Trinajstić information content (AvgIpc) is 0.789. The summed E-state index contributed by atoms with van der Waals surface area (Å²) in [6, 6.07) is 34.7. The Bertz CT molecular complexity index is 2970. The molecule has 15 nitrogen and oxygen atoms in total. The summed E-state index contributed by atoms with van der Waals surface area (Å²) in [5.74, 6) is 2.30. The molecule has 6 aliphatic heterocycles. The van der Waals surface area contributed by atoms with E-state index < -0.39 is 16.7 Å². The van der Waals surface area contributed by atoms with Gasteiger partial charge in [0.25, 0.3) is 0 Å². The number of halogens is 3. The maximum absolute atomic E-state index is 14.6. The standard InChI is InChI=1S/C36H50FN5O3.C36H53FN4O3.CH3.BrH.Mg/c1-27-24-41(36(26-38)15-19-40(20-16-36)34(43)45-35(2,3)4)21-22-42(27)33(30-7-6-8-31(37)23-30)29-13-17-39(18-14-29)25-28-9-11-32(44-5)12-10-28;1-27-25-40(36(5)16-20-39(21-17-36)34(42)44-35(2,3)4)22-23-41(27)33(30-8-7-9-31(37)24-30)29-14-18-38(19-15-29)26-28-10-12-32(43-6)13-11-28;;;/h6-12,23,27,29,33H,13-22,24-25H2,1-5H3;7-13,24,27,29,33H,14-23,25-26H2,1-6H3;1H3;1H;/q;;-1;;+2/p-1/t2*27-,33?;;;/m00.../s1. The van der Waals surface area contributed by atoms with Crippen LogP contribution in [0.3, 0.4) is 0 Å². The first-order valence-corrected chi connectivity index (χ1v) is 33.0. The molecule has 0 radical (unpaired) electrons.